The summed E-state index contributed by atoms with van der Waals surface area (Å²) in [5.74, 6) is 0.696. The second-order valence-electron chi connectivity index (χ2n) is 6.91. The highest BCUT2D eigenvalue weighted by molar-refractivity contribution is 5.89. The largest absolute Gasteiger partial charge is 0.310 e. The summed E-state index contributed by atoms with van der Waals surface area (Å²) in [6.07, 6.45) is 6.89. The number of piperidine rings is 3. The number of hydrogen-bond acceptors (Lipinski definition) is 2. The molecule has 3 nitrogen and oxygen atoms in total. The van der Waals surface area contributed by atoms with Gasteiger partial charge in [0.05, 0.1) is 6.04 Å². The molecule has 3 saturated heterocycles. The molecule has 0 radical (unpaired) electrons. The van der Waals surface area contributed by atoms with Crippen molar-refractivity contribution in [1.82, 2.24) is 9.47 Å². The van der Waals surface area contributed by atoms with Crippen molar-refractivity contribution in [2.45, 2.75) is 31.7 Å². The second kappa shape index (κ2) is 5.10. The van der Waals surface area contributed by atoms with Crippen molar-refractivity contribution in [2.75, 3.05) is 19.6 Å². The van der Waals surface area contributed by atoms with Crippen molar-refractivity contribution in [1.29, 1.82) is 0 Å². The highest BCUT2D eigenvalue weighted by Crippen LogP contribution is 2.36. The van der Waals surface area contributed by atoms with Gasteiger partial charge in [-0.15, -0.1) is 12.4 Å². The van der Waals surface area contributed by atoms with Crippen molar-refractivity contribution >= 4 is 23.2 Å². The molecule has 0 unspecified atom stereocenters. The van der Waals surface area contributed by atoms with Gasteiger partial charge in [-0.3, -0.25) is 4.79 Å². The number of rotatable bonds is 1. The molecule has 3 aliphatic heterocycles. The molecule has 0 spiro atoms. The Morgan fingerprint density at radius 3 is 2.55 bits per heavy atom. The lowest BCUT2D eigenvalue weighted by atomic mass is 9.83. The minimum atomic E-state index is 0. The average Bonchev–Trinajstić information content (AvgIpc) is 2.96. The van der Waals surface area contributed by atoms with Gasteiger partial charge in [-0.05, 0) is 67.3 Å². The number of aromatic nitrogens is 1. The van der Waals surface area contributed by atoms with Gasteiger partial charge in [-0.2, -0.15) is 0 Å². The second-order valence-corrected chi connectivity index (χ2v) is 6.91. The van der Waals surface area contributed by atoms with E-state index in [0.717, 1.165) is 24.8 Å². The fourth-order valence-corrected chi connectivity index (χ4v) is 4.75. The summed E-state index contributed by atoms with van der Waals surface area (Å²) in [5.41, 5.74) is 2.98. The lowest BCUT2D eigenvalue weighted by molar-refractivity contribution is 0.0556. The molecule has 6 rings (SSSR count). The highest BCUT2D eigenvalue weighted by Gasteiger charge is 2.36. The van der Waals surface area contributed by atoms with Gasteiger partial charge in [0.2, 0.25) is 0 Å². The first-order valence-corrected chi connectivity index (χ1v) is 8.19. The van der Waals surface area contributed by atoms with E-state index in [0.29, 0.717) is 12.0 Å². The lowest BCUT2D eigenvalue weighted by Crippen LogP contribution is -2.50. The van der Waals surface area contributed by atoms with Crippen LogP contribution in [0.3, 0.4) is 0 Å². The minimum Gasteiger partial charge on any atom is -0.310 e. The van der Waals surface area contributed by atoms with Crippen LogP contribution in [0.4, 0.5) is 0 Å². The van der Waals surface area contributed by atoms with E-state index < -0.39 is 0 Å². The molecular formula is C18H21ClN2O. The molecule has 0 saturated carbocycles. The summed E-state index contributed by atoms with van der Waals surface area (Å²) in [4.78, 5) is 15.5. The molecule has 4 heterocycles. The minimum absolute atomic E-state index is 0. The molecule has 22 heavy (non-hydrogen) atoms. The topological polar surface area (TPSA) is 25.2 Å². The maximum atomic E-state index is 13.0. The van der Waals surface area contributed by atoms with Crippen LogP contribution in [0.1, 0.15) is 30.0 Å². The molecule has 2 aromatic rings. The monoisotopic (exact) mass is 316 g/mol. The molecule has 4 heteroatoms. The number of fused-ring (bicyclic) bond motifs is 3. The first kappa shape index (κ1) is 14.3. The Kier molecular flexibility index (Phi) is 3.31. The van der Waals surface area contributed by atoms with Crippen LogP contribution in [0.15, 0.2) is 29.2 Å². The third-order valence-electron chi connectivity index (χ3n) is 5.87. The molecule has 1 aromatic heterocycles. The van der Waals surface area contributed by atoms with E-state index in [2.05, 4.69) is 27.8 Å². The zero-order chi connectivity index (χ0) is 14.0. The van der Waals surface area contributed by atoms with Crippen LogP contribution in [0, 0.1) is 5.92 Å². The van der Waals surface area contributed by atoms with Crippen LogP contribution in [0.5, 0.6) is 0 Å². The fraction of sp³-hybridized carbons (Fsp3) is 0.500. The third-order valence-corrected chi connectivity index (χ3v) is 5.87. The van der Waals surface area contributed by atoms with Crippen molar-refractivity contribution in [3.8, 4) is 0 Å². The van der Waals surface area contributed by atoms with E-state index in [1.807, 2.05) is 6.07 Å². The lowest BCUT2D eigenvalue weighted by Gasteiger charge is -2.45. The molecule has 0 N–H and O–H groups in total. The predicted molar refractivity (Wildman–Crippen MR) is 91.1 cm³/mol. The van der Waals surface area contributed by atoms with Crippen LogP contribution >= 0.6 is 12.4 Å². The molecule has 1 aromatic carbocycles. The zero-order valence-corrected chi connectivity index (χ0v) is 13.4. The van der Waals surface area contributed by atoms with E-state index in [4.69, 9.17) is 0 Å². The van der Waals surface area contributed by atoms with Gasteiger partial charge in [0.15, 0.2) is 0 Å². The van der Waals surface area contributed by atoms with E-state index in [1.54, 1.807) is 0 Å². The van der Waals surface area contributed by atoms with E-state index in [9.17, 15) is 4.79 Å². The summed E-state index contributed by atoms with van der Waals surface area (Å²) in [7, 11) is 0. The van der Waals surface area contributed by atoms with Crippen LogP contribution in [0.25, 0.3) is 10.8 Å². The van der Waals surface area contributed by atoms with Gasteiger partial charge < -0.3 is 9.47 Å². The van der Waals surface area contributed by atoms with Gasteiger partial charge in [0.25, 0.3) is 5.56 Å². The number of pyridine rings is 1. The molecule has 1 atom stereocenters. The third kappa shape index (κ3) is 1.88. The molecule has 4 aliphatic rings. The quantitative estimate of drug-likeness (QED) is 0.808. The Bertz CT molecular complexity index is 790. The first-order valence-electron chi connectivity index (χ1n) is 8.19. The molecule has 0 amide bonds. The number of aryl methyl sites for hydroxylation is 2. The van der Waals surface area contributed by atoms with Crippen molar-refractivity contribution < 1.29 is 0 Å². The maximum absolute atomic E-state index is 13.0. The van der Waals surface area contributed by atoms with Crippen LogP contribution in [-0.2, 0) is 12.8 Å². The van der Waals surface area contributed by atoms with E-state index in [-0.39, 0.29) is 18.0 Å². The Morgan fingerprint density at radius 1 is 1.05 bits per heavy atom. The normalized spacial score (nSPS) is 28.8. The highest BCUT2D eigenvalue weighted by atomic mass is 35.5. The summed E-state index contributed by atoms with van der Waals surface area (Å²) < 4.78 is 2.09. The summed E-state index contributed by atoms with van der Waals surface area (Å²) in [6, 6.07) is 6.64. The van der Waals surface area contributed by atoms with E-state index >= 15 is 0 Å². The predicted octanol–water partition coefficient (Wildman–Crippen LogP) is 2.79. The fourth-order valence-electron chi connectivity index (χ4n) is 4.75. The van der Waals surface area contributed by atoms with Crippen molar-refractivity contribution in [2.24, 2.45) is 5.92 Å². The molecule has 116 valence electrons. The molecular weight excluding hydrogens is 296 g/mol. The molecule has 2 bridgehead atoms. The standard InChI is InChI=1S/C18H20N2O.ClH/c21-18-15-3-1-2-13-4-5-14(17(13)15)10-20(18)16-11-19-8-6-12(16)7-9-19;/h1-3,10,12,16H,4-9,11H2;1H/t16-;/m0./s1. The van der Waals surface area contributed by atoms with Crippen molar-refractivity contribution in [3.63, 3.8) is 0 Å². The van der Waals surface area contributed by atoms with E-state index in [1.165, 1.54) is 42.4 Å². The van der Waals surface area contributed by atoms with Gasteiger partial charge in [-0.25, -0.2) is 0 Å². The Labute approximate surface area is 136 Å². The number of hydrogen-bond donors (Lipinski definition) is 0. The van der Waals surface area contributed by atoms with Gasteiger partial charge in [0, 0.05) is 18.1 Å². The van der Waals surface area contributed by atoms with Gasteiger partial charge >= 0.3 is 0 Å². The smallest absolute Gasteiger partial charge is 0.258 e. The maximum Gasteiger partial charge on any atom is 0.258 e. The first-order chi connectivity index (χ1) is 10.3. The number of halogens is 1. The molecule has 3 fully saturated rings. The number of nitrogens with zero attached hydrogens (tertiary/aromatic N) is 2. The summed E-state index contributed by atoms with van der Waals surface area (Å²) in [6.45, 7) is 3.51. The Balaban J connectivity index is 0.00000125. The van der Waals surface area contributed by atoms with Gasteiger partial charge in [0.1, 0.15) is 0 Å². The van der Waals surface area contributed by atoms with Crippen molar-refractivity contribution in [3.05, 3.63) is 45.9 Å². The Hall–Kier alpha value is -1.32. The van der Waals surface area contributed by atoms with Crippen LogP contribution in [0.2, 0.25) is 0 Å². The Morgan fingerprint density at radius 2 is 1.82 bits per heavy atom. The average molecular weight is 317 g/mol. The zero-order valence-electron chi connectivity index (χ0n) is 12.6. The summed E-state index contributed by atoms with van der Waals surface area (Å²) >= 11 is 0. The van der Waals surface area contributed by atoms with Crippen LogP contribution in [-0.4, -0.2) is 29.1 Å². The summed E-state index contributed by atoms with van der Waals surface area (Å²) in [5, 5.41) is 2.19. The van der Waals surface area contributed by atoms with Crippen LogP contribution < -0.4 is 5.56 Å². The number of benzene rings is 1. The van der Waals surface area contributed by atoms with Gasteiger partial charge in [-0.1, -0.05) is 12.1 Å². The molecule has 1 aliphatic carbocycles. The SMILES string of the molecule is Cl.O=c1c2cccc3c2c(cn1[C@H]1CN2CCC1CC2)CC3.